The number of benzene rings is 3. The number of amides is 1. The van der Waals surface area contributed by atoms with Crippen molar-refractivity contribution in [3.05, 3.63) is 112 Å². The topological polar surface area (TPSA) is 65.4 Å². The van der Waals surface area contributed by atoms with Crippen molar-refractivity contribution in [2.75, 3.05) is 12.4 Å². The SMILES string of the molecule is COc1ccc(/C=C/C(=O)Nc2ccn(Cc3ccc(Cl)cc3)n2)cc1COc1ccc(C)cc1. The van der Waals surface area contributed by atoms with Crippen molar-refractivity contribution in [3.63, 3.8) is 0 Å². The third kappa shape index (κ3) is 6.98. The predicted molar refractivity (Wildman–Crippen MR) is 139 cm³/mol. The van der Waals surface area contributed by atoms with E-state index in [4.69, 9.17) is 21.1 Å². The number of ether oxygens (including phenoxy) is 2. The summed E-state index contributed by atoms with van der Waals surface area (Å²) >= 11 is 5.93. The molecule has 0 aliphatic rings. The summed E-state index contributed by atoms with van der Waals surface area (Å²) in [7, 11) is 1.62. The highest BCUT2D eigenvalue weighted by molar-refractivity contribution is 6.30. The lowest BCUT2D eigenvalue weighted by Crippen LogP contribution is -2.09. The van der Waals surface area contributed by atoms with E-state index in [1.807, 2.05) is 79.9 Å². The Bertz CT molecular complexity index is 1310. The predicted octanol–water partition coefficient (Wildman–Crippen LogP) is 6.13. The average molecular weight is 488 g/mol. The number of carbonyl (C=O) groups is 1. The van der Waals surface area contributed by atoms with Gasteiger partial charge in [-0.2, -0.15) is 5.10 Å². The van der Waals surface area contributed by atoms with Crippen molar-refractivity contribution in [1.82, 2.24) is 9.78 Å². The number of aromatic nitrogens is 2. The smallest absolute Gasteiger partial charge is 0.249 e. The summed E-state index contributed by atoms with van der Waals surface area (Å²) in [5.74, 6) is 1.73. The average Bonchev–Trinajstić information content (AvgIpc) is 3.30. The molecule has 0 unspecified atom stereocenters. The van der Waals surface area contributed by atoms with E-state index in [1.54, 1.807) is 23.9 Å². The molecule has 1 aromatic heterocycles. The third-order valence-electron chi connectivity index (χ3n) is 5.30. The van der Waals surface area contributed by atoms with Crippen LogP contribution in [0, 0.1) is 6.92 Å². The van der Waals surface area contributed by atoms with Crippen LogP contribution in [0.5, 0.6) is 11.5 Å². The number of carbonyl (C=O) groups excluding carboxylic acids is 1. The van der Waals surface area contributed by atoms with Gasteiger partial charge in [0.1, 0.15) is 18.1 Å². The van der Waals surface area contributed by atoms with E-state index in [9.17, 15) is 4.79 Å². The van der Waals surface area contributed by atoms with Crippen LogP contribution in [-0.2, 0) is 17.9 Å². The number of rotatable bonds is 9. The van der Waals surface area contributed by atoms with Crippen molar-refractivity contribution in [3.8, 4) is 11.5 Å². The van der Waals surface area contributed by atoms with Crippen LogP contribution < -0.4 is 14.8 Å². The lowest BCUT2D eigenvalue weighted by Gasteiger charge is -2.11. The number of hydrogen-bond donors (Lipinski definition) is 1. The number of nitrogens with zero attached hydrogens (tertiary/aromatic N) is 2. The van der Waals surface area contributed by atoms with Gasteiger partial charge in [0, 0.05) is 28.9 Å². The van der Waals surface area contributed by atoms with Crippen LogP contribution in [0.25, 0.3) is 6.08 Å². The van der Waals surface area contributed by atoms with Crippen LogP contribution in [0.3, 0.4) is 0 Å². The highest BCUT2D eigenvalue weighted by Gasteiger charge is 2.07. The summed E-state index contributed by atoms with van der Waals surface area (Å²) in [6.45, 7) is 2.97. The molecule has 0 fully saturated rings. The Morgan fingerprint density at radius 1 is 1.06 bits per heavy atom. The summed E-state index contributed by atoms with van der Waals surface area (Å²) in [6.07, 6.45) is 5.04. The van der Waals surface area contributed by atoms with Gasteiger partial charge in [0.2, 0.25) is 5.91 Å². The molecule has 0 atom stereocenters. The molecule has 0 bridgehead atoms. The van der Waals surface area contributed by atoms with E-state index in [0.29, 0.717) is 24.0 Å². The number of nitrogens with one attached hydrogen (secondary N) is 1. The summed E-state index contributed by atoms with van der Waals surface area (Å²) in [4.78, 5) is 12.4. The lowest BCUT2D eigenvalue weighted by molar-refractivity contribution is -0.111. The van der Waals surface area contributed by atoms with Crippen molar-refractivity contribution >= 4 is 29.4 Å². The molecule has 0 aliphatic heterocycles. The number of aryl methyl sites for hydroxylation is 1. The molecule has 0 radical (unpaired) electrons. The summed E-state index contributed by atoms with van der Waals surface area (Å²) in [5.41, 5.74) is 3.99. The first-order chi connectivity index (χ1) is 17.0. The second-order valence-corrected chi connectivity index (χ2v) is 8.46. The molecular weight excluding hydrogens is 462 g/mol. The van der Waals surface area contributed by atoms with Crippen LogP contribution in [0.2, 0.25) is 5.02 Å². The van der Waals surface area contributed by atoms with Gasteiger partial charge in [-0.1, -0.05) is 47.5 Å². The van der Waals surface area contributed by atoms with Gasteiger partial charge < -0.3 is 14.8 Å². The van der Waals surface area contributed by atoms with Crippen molar-refractivity contribution in [2.45, 2.75) is 20.1 Å². The van der Waals surface area contributed by atoms with Gasteiger partial charge in [-0.3, -0.25) is 9.48 Å². The molecule has 1 N–H and O–H groups in total. The minimum Gasteiger partial charge on any atom is -0.496 e. The fraction of sp³-hybridized carbons (Fsp3) is 0.143. The number of hydrogen-bond acceptors (Lipinski definition) is 4. The van der Waals surface area contributed by atoms with Crippen LogP contribution in [-0.4, -0.2) is 22.8 Å². The second kappa shape index (κ2) is 11.4. The fourth-order valence-electron chi connectivity index (χ4n) is 3.44. The second-order valence-electron chi connectivity index (χ2n) is 8.02. The Morgan fingerprint density at radius 3 is 2.57 bits per heavy atom. The first kappa shape index (κ1) is 24.1. The number of anilines is 1. The monoisotopic (exact) mass is 487 g/mol. The fourth-order valence-corrected chi connectivity index (χ4v) is 3.57. The van der Waals surface area contributed by atoms with Crippen molar-refractivity contribution in [1.29, 1.82) is 0 Å². The minimum absolute atomic E-state index is 0.269. The van der Waals surface area contributed by atoms with Gasteiger partial charge in [-0.15, -0.1) is 0 Å². The third-order valence-corrected chi connectivity index (χ3v) is 5.55. The van der Waals surface area contributed by atoms with E-state index in [-0.39, 0.29) is 5.91 Å². The lowest BCUT2D eigenvalue weighted by atomic mass is 10.1. The standard InChI is InChI=1S/C28H26ClN3O3/c1-20-3-11-25(12-4-20)35-19-23-17-21(7-13-26(23)34-2)8-14-28(33)30-27-15-16-32(31-27)18-22-5-9-24(29)10-6-22/h3-17H,18-19H2,1-2H3,(H,30,31,33)/b14-8+. The Kier molecular flexibility index (Phi) is 7.85. The van der Waals surface area contributed by atoms with E-state index in [2.05, 4.69) is 10.4 Å². The molecule has 4 rings (SSSR count). The Hall–Kier alpha value is -4.03. The molecule has 3 aromatic carbocycles. The van der Waals surface area contributed by atoms with Gasteiger partial charge in [-0.05, 0) is 60.5 Å². The van der Waals surface area contributed by atoms with E-state index < -0.39 is 0 Å². The van der Waals surface area contributed by atoms with Crippen LogP contribution in [0.15, 0.2) is 85.1 Å². The zero-order valence-electron chi connectivity index (χ0n) is 19.6. The Balaban J connectivity index is 1.36. The molecule has 0 saturated heterocycles. The minimum atomic E-state index is -0.269. The molecule has 0 aliphatic carbocycles. The first-order valence-corrected chi connectivity index (χ1v) is 11.5. The zero-order chi connectivity index (χ0) is 24.6. The maximum absolute atomic E-state index is 12.4. The molecule has 1 heterocycles. The quantitative estimate of drug-likeness (QED) is 0.288. The summed E-state index contributed by atoms with van der Waals surface area (Å²) in [5, 5.41) is 7.88. The van der Waals surface area contributed by atoms with E-state index in [1.165, 1.54) is 11.6 Å². The van der Waals surface area contributed by atoms with Crippen molar-refractivity contribution < 1.29 is 14.3 Å². The van der Waals surface area contributed by atoms with E-state index in [0.717, 1.165) is 28.2 Å². The molecule has 0 saturated carbocycles. The van der Waals surface area contributed by atoms with Crippen LogP contribution in [0.1, 0.15) is 22.3 Å². The first-order valence-electron chi connectivity index (χ1n) is 11.1. The molecule has 178 valence electrons. The zero-order valence-corrected chi connectivity index (χ0v) is 20.3. The molecule has 1 amide bonds. The summed E-state index contributed by atoms with van der Waals surface area (Å²) < 4.78 is 13.1. The number of methoxy groups -OCH3 is 1. The Morgan fingerprint density at radius 2 is 1.83 bits per heavy atom. The van der Waals surface area contributed by atoms with Gasteiger partial charge >= 0.3 is 0 Å². The molecule has 0 spiro atoms. The maximum atomic E-state index is 12.4. The van der Waals surface area contributed by atoms with Gasteiger partial charge in [0.05, 0.1) is 13.7 Å². The van der Waals surface area contributed by atoms with Crippen LogP contribution >= 0.6 is 11.6 Å². The summed E-state index contributed by atoms with van der Waals surface area (Å²) in [6, 6.07) is 22.9. The normalized spacial score (nSPS) is 10.9. The highest BCUT2D eigenvalue weighted by atomic mass is 35.5. The molecular formula is C28H26ClN3O3. The molecule has 35 heavy (non-hydrogen) atoms. The Labute approximate surface area is 209 Å². The van der Waals surface area contributed by atoms with Gasteiger partial charge in [0.15, 0.2) is 5.82 Å². The van der Waals surface area contributed by atoms with E-state index >= 15 is 0 Å². The molecule has 6 nitrogen and oxygen atoms in total. The van der Waals surface area contributed by atoms with Crippen molar-refractivity contribution in [2.24, 2.45) is 0 Å². The maximum Gasteiger partial charge on any atom is 0.249 e. The highest BCUT2D eigenvalue weighted by Crippen LogP contribution is 2.23. The molecule has 7 heteroatoms. The molecule has 4 aromatic rings. The van der Waals surface area contributed by atoms with Gasteiger partial charge in [-0.25, -0.2) is 0 Å². The van der Waals surface area contributed by atoms with Gasteiger partial charge in [0.25, 0.3) is 0 Å². The largest absolute Gasteiger partial charge is 0.496 e. The number of halogens is 1. The van der Waals surface area contributed by atoms with Crippen LogP contribution in [0.4, 0.5) is 5.82 Å².